The molecule has 2 saturated heterocycles. The van der Waals surface area contributed by atoms with E-state index < -0.39 is 0 Å². The molecule has 322 valence electrons. The van der Waals surface area contributed by atoms with E-state index in [9.17, 15) is 9.59 Å². The number of nitrogens with zero attached hydrogens (tertiary/aromatic N) is 3. The summed E-state index contributed by atoms with van der Waals surface area (Å²) in [7, 11) is 13.9. The molecule has 2 fully saturated rings. The molecular formula is C49H63N3O8. The standard InChI is InChI=1S/C49H63N3O8/c1-32-24-38(14-15-41(32)40-29-44(57-6)47(60-9)45(30-40)58-7)49(54)52-22-18-34(19-23-52)26-35(31-50(2)3)25-33-16-20-51(21-17-33)48(53)37-12-10-36(11-13-37)39-27-42(55-4)46(59-8)43(28-39)56-5/h10-15,24,27-30,33-35H,16-23,25-26,31H2,1-9H3. The van der Waals surface area contributed by atoms with Gasteiger partial charge in [0.25, 0.3) is 11.8 Å². The van der Waals surface area contributed by atoms with E-state index in [2.05, 4.69) is 19.0 Å². The van der Waals surface area contributed by atoms with Crippen molar-refractivity contribution in [2.24, 2.45) is 17.8 Å². The summed E-state index contributed by atoms with van der Waals surface area (Å²) in [6, 6.07) is 21.4. The summed E-state index contributed by atoms with van der Waals surface area (Å²) in [5, 5.41) is 0. The van der Waals surface area contributed by atoms with Gasteiger partial charge in [-0.15, -0.1) is 0 Å². The number of hydrogen-bond acceptors (Lipinski definition) is 9. The molecule has 6 rings (SSSR count). The topological polar surface area (TPSA) is 99.2 Å². The van der Waals surface area contributed by atoms with Crippen molar-refractivity contribution in [2.45, 2.75) is 45.4 Å². The number of ether oxygens (including phenoxy) is 6. The number of amides is 2. The minimum atomic E-state index is 0.0840. The second-order valence-electron chi connectivity index (χ2n) is 16.5. The Kier molecular flexibility index (Phi) is 14.9. The summed E-state index contributed by atoms with van der Waals surface area (Å²) in [6.07, 6.45) is 6.40. The van der Waals surface area contributed by atoms with Crippen LogP contribution in [0.5, 0.6) is 34.5 Å². The first-order chi connectivity index (χ1) is 29.0. The number of likely N-dealkylation sites (tertiary alicyclic amines) is 2. The highest BCUT2D eigenvalue weighted by Crippen LogP contribution is 2.43. The maximum absolute atomic E-state index is 13.7. The van der Waals surface area contributed by atoms with E-state index in [1.165, 1.54) is 12.8 Å². The van der Waals surface area contributed by atoms with Gasteiger partial charge in [0, 0.05) is 43.9 Å². The number of aryl methyl sites for hydroxylation is 1. The highest BCUT2D eigenvalue weighted by molar-refractivity contribution is 5.96. The fourth-order valence-corrected chi connectivity index (χ4v) is 9.22. The Balaban J connectivity index is 0.999. The van der Waals surface area contributed by atoms with Crippen LogP contribution >= 0.6 is 0 Å². The van der Waals surface area contributed by atoms with Gasteiger partial charge in [-0.1, -0.05) is 18.2 Å². The predicted molar refractivity (Wildman–Crippen MR) is 236 cm³/mol. The molecule has 4 aromatic rings. The van der Waals surface area contributed by atoms with Crippen molar-refractivity contribution in [3.8, 4) is 56.8 Å². The molecule has 0 radical (unpaired) electrons. The number of hydrogen-bond donors (Lipinski definition) is 0. The van der Waals surface area contributed by atoms with Crippen LogP contribution in [0.1, 0.15) is 64.8 Å². The first kappa shape index (κ1) is 44.1. The number of benzene rings is 4. The van der Waals surface area contributed by atoms with E-state index in [1.54, 1.807) is 42.7 Å². The highest BCUT2D eigenvalue weighted by atomic mass is 16.5. The van der Waals surface area contributed by atoms with Gasteiger partial charge < -0.3 is 43.1 Å². The highest BCUT2D eigenvalue weighted by Gasteiger charge is 2.30. The van der Waals surface area contributed by atoms with Crippen LogP contribution in [-0.4, -0.2) is 116 Å². The van der Waals surface area contributed by atoms with Crippen LogP contribution in [0.15, 0.2) is 66.7 Å². The normalized spacial score (nSPS) is 15.4. The van der Waals surface area contributed by atoms with Gasteiger partial charge in [0.15, 0.2) is 23.0 Å². The molecule has 0 spiro atoms. The minimum absolute atomic E-state index is 0.0840. The van der Waals surface area contributed by atoms with Crippen LogP contribution in [0.3, 0.4) is 0 Å². The van der Waals surface area contributed by atoms with Gasteiger partial charge >= 0.3 is 0 Å². The van der Waals surface area contributed by atoms with Crippen molar-refractivity contribution in [3.63, 3.8) is 0 Å². The first-order valence-electron chi connectivity index (χ1n) is 21.0. The lowest BCUT2D eigenvalue weighted by atomic mass is 9.80. The second-order valence-corrected chi connectivity index (χ2v) is 16.5. The first-order valence-corrected chi connectivity index (χ1v) is 21.0. The lowest BCUT2D eigenvalue weighted by molar-refractivity contribution is 0.0653. The fraction of sp³-hybridized carbons (Fsp3) is 0.469. The fourth-order valence-electron chi connectivity index (χ4n) is 9.22. The van der Waals surface area contributed by atoms with Crippen LogP contribution in [0, 0.1) is 24.7 Å². The zero-order valence-corrected chi connectivity index (χ0v) is 37.0. The molecule has 0 aliphatic carbocycles. The van der Waals surface area contributed by atoms with Crippen molar-refractivity contribution in [1.82, 2.24) is 14.7 Å². The minimum Gasteiger partial charge on any atom is -0.493 e. The van der Waals surface area contributed by atoms with E-state index in [4.69, 9.17) is 28.4 Å². The summed E-state index contributed by atoms with van der Waals surface area (Å²) >= 11 is 0. The molecule has 0 N–H and O–H groups in total. The summed E-state index contributed by atoms with van der Waals surface area (Å²) in [5.41, 5.74) is 6.24. The van der Waals surface area contributed by atoms with E-state index in [1.807, 2.05) is 83.5 Å². The average Bonchev–Trinajstić information content (AvgIpc) is 3.27. The Morgan fingerprint density at radius 2 is 0.983 bits per heavy atom. The molecule has 4 aromatic carbocycles. The third kappa shape index (κ3) is 10.1. The summed E-state index contributed by atoms with van der Waals surface area (Å²) in [4.78, 5) is 33.7. The lowest BCUT2D eigenvalue weighted by Crippen LogP contribution is -2.40. The quantitative estimate of drug-likeness (QED) is 0.110. The van der Waals surface area contributed by atoms with Crippen LogP contribution in [0.25, 0.3) is 22.3 Å². The Labute approximate surface area is 356 Å². The Morgan fingerprint density at radius 1 is 0.567 bits per heavy atom. The molecule has 2 aliphatic rings. The third-order valence-corrected chi connectivity index (χ3v) is 12.3. The van der Waals surface area contributed by atoms with Crippen molar-refractivity contribution >= 4 is 11.8 Å². The van der Waals surface area contributed by atoms with E-state index in [-0.39, 0.29) is 11.8 Å². The maximum Gasteiger partial charge on any atom is 0.253 e. The Bertz CT molecular complexity index is 2030. The van der Waals surface area contributed by atoms with Crippen molar-refractivity contribution in [2.75, 3.05) is 89.5 Å². The maximum atomic E-state index is 13.7. The van der Waals surface area contributed by atoms with Crippen LogP contribution in [-0.2, 0) is 0 Å². The Hall–Kier alpha value is -5.42. The molecule has 11 nitrogen and oxygen atoms in total. The van der Waals surface area contributed by atoms with Crippen molar-refractivity contribution in [3.05, 3.63) is 83.4 Å². The van der Waals surface area contributed by atoms with Crippen LogP contribution in [0.2, 0.25) is 0 Å². The smallest absolute Gasteiger partial charge is 0.253 e. The van der Waals surface area contributed by atoms with Crippen molar-refractivity contribution < 1.29 is 38.0 Å². The predicted octanol–water partition coefficient (Wildman–Crippen LogP) is 8.74. The molecule has 1 unspecified atom stereocenters. The third-order valence-electron chi connectivity index (χ3n) is 12.3. The van der Waals surface area contributed by atoms with Crippen LogP contribution in [0.4, 0.5) is 0 Å². The molecule has 0 saturated carbocycles. The van der Waals surface area contributed by atoms with Gasteiger partial charge in [-0.2, -0.15) is 0 Å². The van der Waals surface area contributed by atoms with Gasteiger partial charge in [-0.3, -0.25) is 9.59 Å². The van der Waals surface area contributed by atoms with E-state index >= 15 is 0 Å². The number of rotatable bonds is 16. The van der Waals surface area contributed by atoms with Gasteiger partial charge in [-0.25, -0.2) is 0 Å². The molecule has 1 atom stereocenters. The zero-order valence-electron chi connectivity index (χ0n) is 37.0. The van der Waals surface area contributed by atoms with E-state index in [0.717, 1.165) is 86.2 Å². The zero-order chi connectivity index (χ0) is 42.9. The van der Waals surface area contributed by atoms with Gasteiger partial charge in [0.1, 0.15) is 0 Å². The van der Waals surface area contributed by atoms with E-state index in [0.29, 0.717) is 63.4 Å². The number of piperidine rings is 2. The van der Waals surface area contributed by atoms with Gasteiger partial charge in [0.05, 0.1) is 42.7 Å². The molecule has 0 bridgehead atoms. The Morgan fingerprint density at radius 3 is 1.38 bits per heavy atom. The summed E-state index contributed by atoms with van der Waals surface area (Å²) < 4.78 is 33.2. The number of methoxy groups -OCH3 is 6. The molecule has 2 amide bonds. The summed E-state index contributed by atoms with van der Waals surface area (Å²) in [5.74, 6) is 5.39. The largest absolute Gasteiger partial charge is 0.493 e. The monoisotopic (exact) mass is 821 g/mol. The molecule has 11 heteroatoms. The molecular weight excluding hydrogens is 759 g/mol. The molecule has 0 aromatic heterocycles. The molecule has 60 heavy (non-hydrogen) atoms. The number of carbonyl (C=O) groups excluding carboxylic acids is 2. The SMILES string of the molecule is COc1cc(-c2ccc(C(=O)N3CCC(CC(CC4CCN(C(=O)c5ccc(-c6cc(OC)c(OC)c(OC)c6)c(C)c5)CC4)CN(C)C)CC3)cc2)cc(OC)c1OC. The molecule has 2 heterocycles. The molecule has 2 aliphatic heterocycles. The van der Waals surface area contributed by atoms with Gasteiger partial charge in [0.2, 0.25) is 11.5 Å². The lowest BCUT2D eigenvalue weighted by Gasteiger charge is -2.37. The second kappa shape index (κ2) is 20.2. The summed E-state index contributed by atoms with van der Waals surface area (Å²) in [6.45, 7) is 6.18. The van der Waals surface area contributed by atoms with Crippen LogP contribution < -0.4 is 28.4 Å². The van der Waals surface area contributed by atoms with Gasteiger partial charge in [-0.05, 0) is 154 Å². The average molecular weight is 822 g/mol. The van der Waals surface area contributed by atoms with Crippen molar-refractivity contribution in [1.29, 1.82) is 0 Å². The number of carbonyl (C=O) groups is 2.